The summed E-state index contributed by atoms with van der Waals surface area (Å²) in [6.07, 6.45) is -2.28. The Balaban J connectivity index is 1.83. The third-order valence-corrected chi connectivity index (χ3v) is 4.63. The number of carbonyl (C=O) groups excluding carboxylic acids is 1. The lowest BCUT2D eigenvalue weighted by molar-refractivity contribution is -0.123. The molecule has 0 aliphatic carbocycles. The number of hydrogen-bond donors (Lipinski definition) is 1. The van der Waals surface area contributed by atoms with Crippen LogP contribution in [0.4, 0.5) is 0 Å². The first kappa shape index (κ1) is 16.2. The number of hydrogen-bond acceptors (Lipinski definition) is 7. The lowest BCUT2D eigenvalue weighted by Crippen LogP contribution is -2.16. The van der Waals surface area contributed by atoms with Gasteiger partial charge in [0.25, 0.3) is 0 Å². The van der Waals surface area contributed by atoms with Crippen LogP contribution in [-0.4, -0.2) is 14.2 Å². The van der Waals surface area contributed by atoms with Gasteiger partial charge in [0.1, 0.15) is 5.75 Å². The van der Waals surface area contributed by atoms with Crippen LogP contribution in [-0.2, 0) is 29.6 Å². The zero-order valence-electron chi connectivity index (χ0n) is 14.4. The minimum Gasteiger partial charge on any atom is -0.460 e. The van der Waals surface area contributed by atoms with Crippen molar-refractivity contribution in [1.29, 1.82) is 5.26 Å². The van der Waals surface area contributed by atoms with Gasteiger partial charge in [-0.1, -0.05) is 42.5 Å². The van der Waals surface area contributed by atoms with Gasteiger partial charge in [0.2, 0.25) is 17.4 Å². The highest BCUT2D eigenvalue weighted by Crippen LogP contribution is 2.32. The molecule has 26 heavy (non-hydrogen) atoms. The van der Waals surface area contributed by atoms with E-state index in [1.807, 2.05) is 6.07 Å². The number of carbonyl (C=O) groups is 1. The summed E-state index contributed by atoms with van der Waals surface area (Å²) < 4.78 is 42.8. The van der Waals surface area contributed by atoms with Crippen LogP contribution in [0, 0.1) is 11.3 Å². The second-order valence-corrected chi connectivity index (χ2v) is 6.98. The number of rotatable bonds is 5. The maximum Gasteiger partial charge on any atom is 0.313 e. The molecule has 1 unspecified atom stereocenters. The molecule has 1 aliphatic heterocycles. The summed E-state index contributed by atoms with van der Waals surface area (Å²) in [6.45, 7) is 0. The van der Waals surface area contributed by atoms with Crippen molar-refractivity contribution in [1.82, 2.24) is 0 Å². The Labute approximate surface area is 151 Å². The highest BCUT2D eigenvalue weighted by Gasteiger charge is 2.39. The molecule has 1 heterocycles. The maximum atomic E-state index is 12.6. The summed E-state index contributed by atoms with van der Waals surface area (Å²) >= 11 is 0. The largest absolute Gasteiger partial charge is 0.460 e. The third-order valence-electron chi connectivity index (χ3n) is 3.52. The smallest absolute Gasteiger partial charge is 0.313 e. The van der Waals surface area contributed by atoms with Crippen LogP contribution in [0.5, 0.6) is 0 Å². The van der Waals surface area contributed by atoms with E-state index in [0.29, 0.717) is 11.1 Å². The van der Waals surface area contributed by atoms with Gasteiger partial charge in [0.05, 0.1) is 13.0 Å². The fourth-order valence-corrected chi connectivity index (χ4v) is 3.39. The Morgan fingerprint density at radius 3 is 2.46 bits per heavy atom. The van der Waals surface area contributed by atoms with Crippen LogP contribution in [0.3, 0.4) is 0 Å². The van der Waals surface area contributed by atoms with Crippen LogP contribution in [0.2, 0.25) is 0 Å². The lowest BCUT2D eigenvalue weighted by atomic mass is 10.0. The van der Waals surface area contributed by atoms with Crippen molar-refractivity contribution in [2.24, 2.45) is 5.73 Å². The normalized spacial score (nSPS) is 20.3. The van der Waals surface area contributed by atoms with E-state index in [9.17, 15) is 13.2 Å². The standard InChI is InChI=1S/C18H14N2O5S/c19-10-12-6-8-14(9-7-12)16-15(21)17(18(20)24-16)25-26(22,23)11-13-4-2-1-3-5-13/h1-9,16H,11,20H2/i16D. The summed E-state index contributed by atoms with van der Waals surface area (Å²) in [6, 6.07) is 15.7. The number of ketones is 1. The molecule has 2 aromatic carbocycles. The molecule has 8 heteroatoms. The van der Waals surface area contributed by atoms with Crippen LogP contribution in [0.1, 0.15) is 24.1 Å². The molecule has 2 N–H and O–H groups in total. The van der Waals surface area contributed by atoms with Crippen molar-refractivity contribution in [3.63, 3.8) is 0 Å². The maximum absolute atomic E-state index is 12.6. The van der Waals surface area contributed by atoms with Crippen LogP contribution < -0.4 is 5.73 Å². The molecule has 0 radical (unpaired) electrons. The average molecular weight is 371 g/mol. The molecule has 7 nitrogen and oxygen atoms in total. The minimum atomic E-state index is -4.19. The van der Waals surface area contributed by atoms with E-state index in [1.165, 1.54) is 24.3 Å². The molecule has 1 atom stereocenters. The molecule has 0 amide bonds. The Bertz CT molecular complexity index is 1060. The zero-order chi connectivity index (χ0) is 19.7. The molecule has 0 saturated heterocycles. The highest BCUT2D eigenvalue weighted by atomic mass is 32.2. The molecular formula is C18H14N2O5S. The summed E-state index contributed by atoms with van der Waals surface area (Å²) in [5.41, 5.74) is 6.50. The minimum absolute atomic E-state index is 0.0912. The zero-order valence-corrected chi connectivity index (χ0v) is 14.2. The number of nitriles is 1. The topological polar surface area (TPSA) is 119 Å². The second kappa shape index (κ2) is 6.90. The predicted molar refractivity (Wildman–Crippen MR) is 91.4 cm³/mol. The predicted octanol–water partition coefficient (Wildman–Crippen LogP) is 1.87. The molecule has 3 rings (SSSR count). The Morgan fingerprint density at radius 1 is 1.19 bits per heavy atom. The first-order chi connectivity index (χ1) is 12.7. The van der Waals surface area contributed by atoms with E-state index >= 15 is 0 Å². The van der Waals surface area contributed by atoms with Gasteiger partial charge in [-0.3, -0.25) is 4.79 Å². The van der Waals surface area contributed by atoms with Crippen molar-refractivity contribution < 1.29 is 23.5 Å². The van der Waals surface area contributed by atoms with Crippen molar-refractivity contribution in [3.05, 3.63) is 82.9 Å². The van der Waals surface area contributed by atoms with E-state index in [1.54, 1.807) is 30.3 Å². The van der Waals surface area contributed by atoms with E-state index in [0.717, 1.165) is 0 Å². The number of benzene rings is 2. The van der Waals surface area contributed by atoms with Crippen molar-refractivity contribution in [2.75, 3.05) is 0 Å². The van der Waals surface area contributed by atoms with Crippen LogP contribution in [0.15, 0.2) is 66.2 Å². The van der Waals surface area contributed by atoms with Crippen molar-refractivity contribution in [3.8, 4) is 6.07 Å². The van der Waals surface area contributed by atoms with E-state index in [-0.39, 0.29) is 5.56 Å². The molecular weight excluding hydrogens is 356 g/mol. The average Bonchev–Trinajstić information content (AvgIpc) is 2.86. The van der Waals surface area contributed by atoms with Crippen LogP contribution >= 0.6 is 0 Å². The lowest BCUT2D eigenvalue weighted by Gasteiger charge is -2.09. The summed E-state index contributed by atoms with van der Waals surface area (Å²) in [5.74, 6) is -2.83. The first-order valence-electron chi connectivity index (χ1n) is 7.95. The molecule has 0 saturated carbocycles. The van der Waals surface area contributed by atoms with Gasteiger partial charge in [-0.2, -0.15) is 13.7 Å². The number of ether oxygens (including phenoxy) is 1. The SMILES string of the molecule is [2H]C1(c2ccc(C#N)cc2)OC(N)=C(OS(=O)(=O)Cc2ccccc2)C1=O. The summed E-state index contributed by atoms with van der Waals surface area (Å²) in [5, 5.41) is 8.83. The monoisotopic (exact) mass is 371 g/mol. The molecule has 132 valence electrons. The van der Waals surface area contributed by atoms with E-state index in [2.05, 4.69) is 0 Å². The Hall–Kier alpha value is -3.31. The second-order valence-electron chi connectivity index (χ2n) is 5.41. The number of nitrogens with two attached hydrogens (primary N) is 1. The number of nitrogens with zero attached hydrogens (tertiary/aromatic N) is 1. The molecule has 0 aromatic heterocycles. The van der Waals surface area contributed by atoms with Gasteiger partial charge in [-0.25, -0.2) is 0 Å². The quantitative estimate of drug-likeness (QED) is 0.797. The Morgan fingerprint density at radius 2 is 1.85 bits per heavy atom. The third kappa shape index (κ3) is 3.68. The molecule has 0 fully saturated rings. The molecule has 1 aliphatic rings. The fraction of sp³-hybridized carbons (Fsp3) is 0.111. The number of Topliss-reactive ketones (excluding diaryl/α,β-unsaturated/α-hetero) is 1. The van der Waals surface area contributed by atoms with Crippen LogP contribution in [0.25, 0.3) is 0 Å². The van der Waals surface area contributed by atoms with Gasteiger partial charge in [-0.05, 0) is 17.7 Å². The Kier molecular flexibility index (Phi) is 4.29. The summed E-state index contributed by atoms with van der Waals surface area (Å²) in [4.78, 5) is 12.6. The van der Waals surface area contributed by atoms with Gasteiger partial charge >= 0.3 is 10.1 Å². The molecule has 0 bridgehead atoms. The molecule has 0 spiro atoms. The fourth-order valence-electron chi connectivity index (χ4n) is 2.32. The van der Waals surface area contributed by atoms with E-state index in [4.69, 9.17) is 21.3 Å². The van der Waals surface area contributed by atoms with Gasteiger partial charge < -0.3 is 14.7 Å². The van der Waals surface area contributed by atoms with Gasteiger partial charge in [-0.15, -0.1) is 0 Å². The first-order valence-corrected chi connectivity index (χ1v) is 9.03. The highest BCUT2D eigenvalue weighted by molar-refractivity contribution is 7.86. The van der Waals surface area contributed by atoms with Crippen molar-refractivity contribution >= 4 is 15.9 Å². The van der Waals surface area contributed by atoms with Gasteiger partial charge in [0, 0.05) is 5.56 Å². The van der Waals surface area contributed by atoms with Crippen molar-refractivity contribution in [2.45, 2.75) is 11.8 Å². The van der Waals surface area contributed by atoms with Gasteiger partial charge in [0.15, 0.2) is 6.08 Å². The molecule has 2 aromatic rings. The summed E-state index contributed by atoms with van der Waals surface area (Å²) in [7, 11) is -4.19. The van der Waals surface area contributed by atoms with E-state index < -0.39 is 39.4 Å².